The maximum absolute atomic E-state index is 12.4. The Morgan fingerprint density at radius 1 is 0.889 bits per heavy atom. The highest BCUT2D eigenvalue weighted by atomic mass is 16.5. The largest absolute Gasteiger partial charge is 0.497 e. The lowest BCUT2D eigenvalue weighted by atomic mass is 10.1. The van der Waals surface area contributed by atoms with Gasteiger partial charge in [0.25, 0.3) is 0 Å². The van der Waals surface area contributed by atoms with Crippen molar-refractivity contribution in [3.05, 3.63) is 47.5 Å². The van der Waals surface area contributed by atoms with E-state index in [1.807, 2.05) is 43.3 Å². The van der Waals surface area contributed by atoms with Crippen molar-refractivity contribution in [2.75, 3.05) is 28.4 Å². The Balaban J connectivity index is 1.99. The first-order valence-electron chi connectivity index (χ1n) is 8.74. The molecule has 0 saturated heterocycles. The molecule has 0 radical (unpaired) electrons. The fourth-order valence-electron chi connectivity index (χ4n) is 2.86. The number of methoxy groups -OCH3 is 4. The van der Waals surface area contributed by atoms with E-state index >= 15 is 0 Å². The molecular weight excluding hydrogens is 346 g/mol. The van der Waals surface area contributed by atoms with E-state index in [1.165, 1.54) is 0 Å². The van der Waals surface area contributed by atoms with Crippen LogP contribution in [0.2, 0.25) is 0 Å². The number of ether oxygens (including phenoxy) is 4. The van der Waals surface area contributed by atoms with Crippen LogP contribution in [0.3, 0.4) is 0 Å². The standard InChI is InChI=1S/C21H27NO5/c1-14(17-13-16(24-2)8-10-18(17)25-3)22-21(23)11-7-15-6-9-19(26-4)20(12-15)27-5/h6,8-10,12-14H,7,11H2,1-5H3,(H,22,23). The minimum atomic E-state index is -0.201. The Morgan fingerprint density at radius 3 is 2.19 bits per heavy atom. The Bertz CT molecular complexity index is 775. The number of amides is 1. The average molecular weight is 373 g/mol. The molecule has 0 heterocycles. The number of aryl methyl sites for hydroxylation is 1. The molecule has 1 unspecified atom stereocenters. The summed E-state index contributed by atoms with van der Waals surface area (Å²) in [6.07, 6.45) is 0.972. The summed E-state index contributed by atoms with van der Waals surface area (Å²) in [7, 11) is 6.41. The number of nitrogens with one attached hydrogen (secondary N) is 1. The Labute approximate surface area is 160 Å². The van der Waals surface area contributed by atoms with Crippen molar-refractivity contribution in [3.8, 4) is 23.0 Å². The number of carbonyl (C=O) groups is 1. The van der Waals surface area contributed by atoms with Crippen molar-refractivity contribution < 1.29 is 23.7 Å². The molecule has 0 aliphatic carbocycles. The highest BCUT2D eigenvalue weighted by molar-refractivity contribution is 5.77. The molecular formula is C21H27NO5. The summed E-state index contributed by atoms with van der Waals surface area (Å²) in [6, 6.07) is 11.0. The first-order chi connectivity index (χ1) is 13.0. The molecule has 0 aliphatic heterocycles. The second-order valence-corrected chi connectivity index (χ2v) is 6.09. The lowest BCUT2D eigenvalue weighted by Crippen LogP contribution is -2.27. The van der Waals surface area contributed by atoms with Gasteiger partial charge in [-0.1, -0.05) is 6.07 Å². The van der Waals surface area contributed by atoms with Gasteiger partial charge >= 0.3 is 0 Å². The van der Waals surface area contributed by atoms with Gasteiger partial charge in [0.05, 0.1) is 34.5 Å². The van der Waals surface area contributed by atoms with Crippen LogP contribution in [0.15, 0.2) is 36.4 Å². The number of carbonyl (C=O) groups excluding carboxylic acids is 1. The molecule has 27 heavy (non-hydrogen) atoms. The van der Waals surface area contributed by atoms with Crippen LogP contribution in [-0.4, -0.2) is 34.3 Å². The maximum atomic E-state index is 12.4. The second-order valence-electron chi connectivity index (χ2n) is 6.09. The zero-order valence-electron chi connectivity index (χ0n) is 16.5. The number of rotatable bonds is 9. The van der Waals surface area contributed by atoms with E-state index in [9.17, 15) is 4.79 Å². The zero-order valence-corrected chi connectivity index (χ0v) is 16.5. The van der Waals surface area contributed by atoms with Gasteiger partial charge in [0.1, 0.15) is 11.5 Å². The molecule has 0 fully saturated rings. The van der Waals surface area contributed by atoms with Crippen molar-refractivity contribution in [1.82, 2.24) is 5.32 Å². The summed E-state index contributed by atoms with van der Waals surface area (Å²) in [5, 5.41) is 3.01. The van der Waals surface area contributed by atoms with Gasteiger partial charge in [-0.25, -0.2) is 0 Å². The van der Waals surface area contributed by atoms with E-state index in [0.717, 1.165) is 16.9 Å². The lowest BCUT2D eigenvalue weighted by Gasteiger charge is -2.18. The predicted molar refractivity (Wildman–Crippen MR) is 104 cm³/mol. The minimum Gasteiger partial charge on any atom is -0.497 e. The SMILES string of the molecule is COc1ccc(OC)c(C(C)NC(=O)CCc2ccc(OC)c(OC)c2)c1. The van der Waals surface area contributed by atoms with Crippen LogP contribution >= 0.6 is 0 Å². The number of benzene rings is 2. The fourth-order valence-corrected chi connectivity index (χ4v) is 2.86. The third kappa shape index (κ3) is 5.29. The van der Waals surface area contributed by atoms with Crippen LogP contribution < -0.4 is 24.3 Å². The fraction of sp³-hybridized carbons (Fsp3) is 0.381. The summed E-state index contributed by atoms with van der Waals surface area (Å²) < 4.78 is 21.2. The molecule has 1 atom stereocenters. The average Bonchev–Trinajstić information content (AvgIpc) is 2.71. The topological polar surface area (TPSA) is 66.0 Å². The van der Waals surface area contributed by atoms with Gasteiger partial charge < -0.3 is 24.3 Å². The van der Waals surface area contributed by atoms with Gasteiger partial charge in [-0.2, -0.15) is 0 Å². The van der Waals surface area contributed by atoms with Gasteiger partial charge in [0, 0.05) is 12.0 Å². The molecule has 0 aromatic heterocycles. The molecule has 0 aliphatic rings. The summed E-state index contributed by atoms with van der Waals surface area (Å²) in [6.45, 7) is 1.92. The van der Waals surface area contributed by atoms with E-state index < -0.39 is 0 Å². The lowest BCUT2D eigenvalue weighted by molar-refractivity contribution is -0.121. The predicted octanol–water partition coefficient (Wildman–Crippen LogP) is 3.53. The molecule has 0 spiro atoms. The number of hydrogen-bond donors (Lipinski definition) is 1. The van der Waals surface area contributed by atoms with Crippen LogP contribution in [0.5, 0.6) is 23.0 Å². The molecule has 1 N–H and O–H groups in total. The third-order valence-corrected chi connectivity index (χ3v) is 4.37. The Morgan fingerprint density at radius 2 is 1.56 bits per heavy atom. The van der Waals surface area contributed by atoms with Crippen molar-refractivity contribution in [2.24, 2.45) is 0 Å². The first-order valence-corrected chi connectivity index (χ1v) is 8.74. The quantitative estimate of drug-likeness (QED) is 0.728. The highest BCUT2D eigenvalue weighted by Gasteiger charge is 2.15. The monoisotopic (exact) mass is 373 g/mol. The van der Waals surface area contributed by atoms with E-state index in [0.29, 0.717) is 30.1 Å². The van der Waals surface area contributed by atoms with E-state index in [1.54, 1.807) is 28.4 Å². The van der Waals surface area contributed by atoms with Crippen LogP contribution in [0.25, 0.3) is 0 Å². The molecule has 0 saturated carbocycles. The van der Waals surface area contributed by atoms with Crippen LogP contribution in [-0.2, 0) is 11.2 Å². The normalized spacial score (nSPS) is 11.4. The smallest absolute Gasteiger partial charge is 0.220 e. The summed E-state index contributed by atoms with van der Waals surface area (Å²) >= 11 is 0. The molecule has 146 valence electrons. The molecule has 2 aromatic rings. The maximum Gasteiger partial charge on any atom is 0.220 e. The van der Waals surface area contributed by atoms with Gasteiger partial charge in [-0.15, -0.1) is 0 Å². The van der Waals surface area contributed by atoms with E-state index in [2.05, 4.69) is 5.32 Å². The third-order valence-electron chi connectivity index (χ3n) is 4.37. The molecule has 0 bridgehead atoms. The van der Waals surface area contributed by atoms with Crippen molar-refractivity contribution >= 4 is 5.91 Å². The summed E-state index contributed by atoms with van der Waals surface area (Å²) in [5.74, 6) is 2.72. The molecule has 6 heteroatoms. The molecule has 2 rings (SSSR count). The number of hydrogen-bond acceptors (Lipinski definition) is 5. The van der Waals surface area contributed by atoms with Crippen molar-refractivity contribution in [2.45, 2.75) is 25.8 Å². The zero-order chi connectivity index (χ0) is 19.8. The summed E-state index contributed by atoms with van der Waals surface area (Å²) in [5.41, 5.74) is 1.88. The van der Waals surface area contributed by atoms with Gasteiger partial charge in [0.15, 0.2) is 11.5 Å². The molecule has 1 amide bonds. The Hall–Kier alpha value is -2.89. The van der Waals surface area contributed by atoms with Crippen LogP contribution in [0.4, 0.5) is 0 Å². The molecule has 2 aromatic carbocycles. The highest BCUT2D eigenvalue weighted by Crippen LogP contribution is 2.30. The van der Waals surface area contributed by atoms with E-state index in [-0.39, 0.29) is 11.9 Å². The van der Waals surface area contributed by atoms with Crippen molar-refractivity contribution in [3.63, 3.8) is 0 Å². The van der Waals surface area contributed by atoms with Crippen LogP contribution in [0.1, 0.15) is 30.5 Å². The second kappa shape index (κ2) is 9.71. The van der Waals surface area contributed by atoms with Gasteiger partial charge in [-0.3, -0.25) is 4.79 Å². The van der Waals surface area contributed by atoms with Crippen molar-refractivity contribution in [1.29, 1.82) is 0 Å². The minimum absolute atomic E-state index is 0.0397. The van der Waals surface area contributed by atoms with Gasteiger partial charge in [-0.05, 0) is 49.2 Å². The summed E-state index contributed by atoms with van der Waals surface area (Å²) in [4.78, 5) is 12.4. The Kier molecular flexibility index (Phi) is 7.34. The van der Waals surface area contributed by atoms with E-state index in [4.69, 9.17) is 18.9 Å². The molecule has 6 nitrogen and oxygen atoms in total. The van der Waals surface area contributed by atoms with Crippen LogP contribution in [0, 0.1) is 0 Å². The first kappa shape index (κ1) is 20.4. The van der Waals surface area contributed by atoms with Gasteiger partial charge in [0.2, 0.25) is 5.91 Å².